The number of hydrogen-bond acceptors (Lipinski definition) is 3. The van der Waals surface area contributed by atoms with Crippen molar-refractivity contribution >= 4 is 33.4 Å². The van der Waals surface area contributed by atoms with Crippen LogP contribution in [0.3, 0.4) is 0 Å². The quantitative estimate of drug-likeness (QED) is 0.599. The van der Waals surface area contributed by atoms with Gasteiger partial charge in [-0.1, -0.05) is 23.7 Å². The van der Waals surface area contributed by atoms with Crippen LogP contribution in [-0.2, 0) is 0 Å². The molecule has 2 aromatic heterocycles. The fraction of sp³-hybridized carbons (Fsp3) is 0. The molecule has 2 N–H and O–H groups in total. The normalized spacial score (nSPS) is 11.1. The highest BCUT2D eigenvalue weighted by Crippen LogP contribution is 2.30. The van der Waals surface area contributed by atoms with Crippen LogP contribution >= 0.6 is 11.6 Å². The molecule has 0 spiro atoms. The van der Waals surface area contributed by atoms with Crippen LogP contribution in [0.1, 0.15) is 0 Å². The van der Waals surface area contributed by atoms with Crippen molar-refractivity contribution < 1.29 is 5.11 Å². The van der Waals surface area contributed by atoms with E-state index in [1.54, 1.807) is 24.4 Å². The fourth-order valence-electron chi connectivity index (χ4n) is 1.94. The van der Waals surface area contributed by atoms with Gasteiger partial charge >= 0.3 is 0 Å². The number of rotatable bonds is 0. The highest BCUT2D eigenvalue weighted by molar-refractivity contribution is 6.37. The van der Waals surface area contributed by atoms with Crippen molar-refractivity contribution in [2.75, 3.05) is 0 Å². The Balaban J connectivity index is 2.73. The molecule has 0 saturated carbocycles. The second-order valence-electron chi connectivity index (χ2n) is 3.66. The Bertz CT molecular complexity index is 795. The molecular formula is C12H7ClN2O2. The number of nitrogens with one attached hydrogen (secondary N) is 1. The third-order valence-electron chi connectivity index (χ3n) is 2.66. The van der Waals surface area contributed by atoms with Crippen molar-refractivity contribution in [3.8, 4) is 5.88 Å². The van der Waals surface area contributed by atoms with E-state index in [-0.39, 0.29) is 16.7 Å². The van der Waals surface area contributed by atoms with Crippen molar-refractivity contribution in [1.29, 1.82) is 0 Å². The van der Waals surface area contributed by atoms with E-state index in [1.807, 2.05) is 0 Å². The largest absolute Gasteiger partial charge is 0.493 e. The molecule has 17 heavy (non-hydrogen) atoms. The fourth-order valence-corrected chi connectivity index (χ4v) is 2.19. The molecule has 0 aliphatic rings. The third-order valence-corrected chi connectivity index (χ3v) is 2.98. The smallest absolute Gasteiger partial charge is 0.224 e. The number of nitrogens with zero attached hydrogens (tertiary/aromatic N) is 1. The Morgan fingerprint density at radius 1 is 1.24 bits per heavy atom. The average molecular weight is 247 g/mol. The first-order valence-corrected chi connectivity index (χ1v) is 5.35. The minimum Gasteiger partial charge on any atom is -0.493 e. The number of benzene rings is 1. The lowest BCUT2D eigenvalue weighted by atomic mass is 10.1. The van der Waals surface area contributed by atoms with Gasteiger partial charge in [-0.05, 0) is 12.1 Å². The topological polar surface area (TPSA) is 66.0 Å². The van der Waals surface area contributed by atoms with Gasteiger partial charge < -0.3 is 10.1 Å². The Labute approximate surface area is 100 Å². The molecule has 0 aliphatic carbocycles. The van der Waals surface area contributed by atoms with Crippen molar-refractivity contribution in [2.45, 2.75) is 0 Å². The van der Waals surface area contributed by atoms with Crippen LogP contribution < -0.4 is 5.43 Å². The number of pyridine rings is 2. The van der Waals surface area contributed by atoms with Crippen LogP contribution in [0.25, 0.3) is 21.8 Å². The standard InChI is InChI=1S/C12H7ClN2O2/c13-7-4-5-14-11-9(7)6-2-1-3-8(16)10(6)12(17)15-11/h1-5,17H,(H,14,15). The summed E-state index contributed by atoms with van der Waals surface area (Å²) in [5, 5.41) is 11.7. The number of fused-ring (bicyclic) bond motifs is 3. The molecule has 0 fully saturated rings. The van der Waals surface area contributed by atoms with Gasteiger partial charge in [-0.15, -0.1) is 0 Å². The summed E-state index contributed by atoms with van der Waals surface area (Å²) in [5.74, 6) is -0.281. The van der Waals surface area contributed by atoms with Crippen LogP contribution in [-0.4, -0.2) is 15.1 Å². The van der Waals surface area contributed by atoms with E-state index in [0.717, 1.165) is 0 Å². The second kappa shape index (κ2) is 3.46. The monoisotopic (exact) mass is 246 g/mol. The summed E-state index contributed by atoms with van der Waals surface area (Å²) in [7, 11) is 0. The first-order chi connectivity index (χ1) is 8.18. The average Bonchev–Trinajstić information content (AvgIpc) is 2.28. The van der Waals surface area contributed by atoms with E-state index in [9.17, 15) is 9.90 Å². The molecule has 0 atom stereocenters. The predicted octanol–water partition coefficient (Wildman–Crippen LogP) is 2.44. The summed E-state index contributed by atoms with van der Waals surface area (Å²) in [6, 6.07) is 6.43. The maximum atomic E-state index is 11.7. The van der Waals surface area contributed by atoms with Crippen LogP contribution in [0.5, 0.6) is 5.88 Å². The number of halogens is 1. The van der Waals surface area contributed by atoms with E-state index < -0.39 is 0 Å². The molecule has 0 unspecified atom stereocenters. The van der Waals surface area contributed by atoms with Crippen LogP contribution in [0.4, 0.5) is 0 Å². The van der Waals surface area contributed by atoms with Gasteiger partial charge in [-0.2, -0.15) is 4.98 Å². The van der Waals surface area contributed by atoms with Gasteiger partial charge in [0.15, 0.2) is 5.43 Å². The second-order valence-corrected chi connectivity index (χ2v) is 4.07. The van der Waals surface area contributed by atoms with E-state index in [1.165, 1.54) is 6.07 Å². The lowest BCUT2D eigenvalue weighted by Gasteiger charge is -2.05. The highest BCUT2D eigenvalue weighted by atomic mass is 35.5. The Kier molecular flexibility index (Phi) is 2.06. The van der Waals surface area contributed by atoms with Gasteiger partial charge in [0, 0.05) is 17.0 Å². The number of aromatic nitrogens is 2. The molecule has 2 heterocycles. The highest BCUT2D eigenvalue weighted by Gasteiger charge is 2.12. The third kappa shape index (κ3) is 1.38. The molecule has 0 aliphatic heterocycles. The molecule has 4 nitrogen and oxygen atoms in total. The summed E-state index contributed by atoms with van der Waals surface area (Å²) in [6.07, 6.45) is 1.63. The van der Waals surface area contributed by atoms with E-state index >= 15 is 0 Å². The Morgan fingerprint density at radius 2 is 2.06 bits per heavy atom. The van der Waals surface area contributed by atoms with Gasteiger partial charge in [0.05, 0.1) is 10.4 Å². The lowest BCUT2D eigenvalue weighted by molar-refractivity contribution is 0.462. The number of aromatic hydroxyl groups is 1. The molecule has 0 bridgehead atoms. The summed E-state index contributed by atoms with van der Waals surface area (Å²) in [5.41, 5.74) is 0.183. The van der Waals surface area contributed by atoms with Crippen molar-refractivity contribution in [3.05, 3.63) is 45.7 Å². The van der Waals surface area contributed by atoms with Gasteiger partial charge in [-0.25, -0.2) is 0 Å². The first-order valence-electron chi connectivity index (χ1n) is 4.97. The predicted molar refractivity (Wildman–Crippen MR) is 66.5 cm³/mol. The van der Waals surface area contributed by atoms with Crippen molar-refractivity contribution in [3.63, 3.8) is 0 Å². The number of aromatic amines is 1. The number of hydrogen-bond donors (Lipinski definition) is 2. The lowest BCUT2D eigenvalue weighted by Crippen LogP contribution is -2.00. The molecule has 0 saturated heterocycles. The van der Waals surface area contributed by atoms with Crippen LogP contribution in [0.15, 0.2) is 35.3 Å². The van der Waals surface area contributed by atoms with E-state index in [4.69, 9.17) is 11.6 Å². The molecule has 5 heteroatoms. The van der Waals surface area contributed by atoms with Crippen molar-refractivity contribution in [1.82, 2.24) is 9.97 Å². The Morgan fingerprint density at radius 3 is 2.88 bits per heavy atom. The molecule has 1 aromatic carbocycles. The molecule has 84 valence electrons. The molecular weight excluding hydrogens is 240 g/mol. The summed E-state index contributed by atoms with van der Waals surface area (Å²) in [4.78, 5) is 18.5. The molecule has 0 amide bonds. The van der Waals surface area contributed by atoms with Gasteiger partial charge in [-0.3, -0.25) is 4.79 Å². The van der Waals surface area contributed by atoms with E-state index in [2.05, 4.69) is 9.97 Å². The maximum Gasteiger partial charge on any atom is 0.224 e. The minimum absolute atomic E-state index is 0.196. The summed E-state index contributed by atoms with van der Waals surface area (Å²) in [6.45, 7) is 0. The Hall–Kier alpha value is -2.07. The van der Waals surface area contributed by atoms with Crippen LogP contribution in [0, 0.1) is 0 Å². The van der Waals surface area contributed by atoms with Gasteiger partial charge in [0.25, 0.3) is 0 Å². The maximum absolute atomic E-state index is 11.7. The zero-order valence-electron chi connectivity index (χ0n) is 8.57. The van der Waals surface area contributed by atoms with E-state index in [0.29, 0.717) is 21.4 Å². The van der Waals surface area contributed by atoms with Crippen LogP contribution in [0.2, 0.25) is 5.02 Å². The minimum atomic E-state index is -0.281. The summed E-state index contributed by atoms with van der Waals surface area (Å²) < 4.78 is 0. The SMILES string of the molecule is O=c1cccc2c1c(O)nc1[nH]ccc(Cl)c12. The van der Waals surface area contributed by atoms with Crippen molar-refractivity contribution in [2.24, 2.45) is 0 Å². The molecule has 3 aromatic rings. The zero-order chi connectivity index (χ0) is 12.0. The zero-order valence-corrected chi connectivity index (χ0v) is 9.32. The summed E-state index contributed by atoms with van der Waals surface area (Å²) >= 11 is 6.10. The molecule has 0 radical (unpaired) electrons. The molecule has 3 rings (SSSR count). The number of H-pyrrole nitrogens is 1. The first kappa shape index (κ1) is 10.1. The van der Waals surface area contributed by atoms with Gasteiger partial charge in [0.1, 0.15) is 5.65 Å². The van der Waals surface area contributed by atoms with Gasteiger partial charge in [0.2, 0.25) is 5.88 Å².